The molecule has 1 aliphatic rings. The Morgan fingerprint density at radius 2 is 1.70 bits per heavy atom. The van der Waals surface area contributed by atoms with Crippen LogP contribution in [0.5, 0.6) is 5.75 Å². The SMILES string of the molecule is C[C@H]1Cc2ccc(CNC(=O)COc3ccccc3)cc2N1C(=O)c1ccccc1. The number of amides is 2. The molecule has 3 aromatic carbocycles. The van der Waals surface area contributed by atoms with Gasteiger partial charge in [0.25, 0.3) is 11.8 Å². The molecule has 0 bridgehead atoms. The number of hydrogen-bond donors (Lipinski definition) is 1. The molecule has 2 amide bonds. The van der Waals surface area contributed by atoms with E-state index in [0.717, 1.165) is 23.2 Å². The van der Waals surface area contributed by atoms with Crippen molar-refractivity contribution >= 4 is 17.5 Å². The van der Waals surface area contributed by atoms with Gasteiger partial charge in [0.15, 0.2) is 6.61 Å². The summed E-state index contributed by atoms with van der Waals surface area (Å²) in [5.74, 6) is 0.471. The van der Waals surface area contributed by atoms with E-state index in [2.05, 4.69) is 12.2 Å². The fourth-order valence-electron chi connectivity index (χ4n) is 3.71. The van der Waals surface area contributed by atoms with Crippen molar-refractivity contribution in [2.24, 2.45) is 0 Å². The number of benzene rings is 3. The number of para-hydroxylation sites is 1. The summed E-state index contributed by atoms with van der Waals surface area (Å²) in [5, 5.41) is 2.88. The summed E-state index contributed by atoms with van der Waals surface area (Å²) in [6.07, 6.45) is 0.825. The van der Waals surface area contributed by atoms with Crippen LogP contribution in [0.3, 0.4) is 0 Å². The highest BCUT2D eigenvalue weighted by Crippen LogP contribution is 2.34. The zero-order valence-electron chi connectivity index (χ0n) is 16.9. The summed E-state index contributed by atoms with van der Waals surface area (Å²) in [6, 6.07) is 24.7. The minimum atomic E-state index is -0.190. The molecule has 1 aliphatic heterocycles. The van der Waals surface area contributed by atoms with E-state index >= 15 is 0 Å². The fraction of sp³-hybridized carbons (Fsp3) is 0.200. The maximum absolute atomic E-state index is 13.1. The molecule has 5 heteroatoms. The number of rotatable bonds is 6. The molecule has 1 N–H and O–H groups in total. The second-order valence-corrected chi connectivity index (χ2v) is 7.44. The zero-order valence-corrected chi connectivity index (χ0v) is 16.9. The summed E-state index contributed by atoms with van der Waals surface area (Å²) in [5.41, 5.74) is 3.69. The lowest BCUT2D eigenvalue weighted by Gasteiger charge is -2.23. The molecule has 0 spiro atoms. The predicted octanol–water partition coefficient (Wildman–Crippen LogP) is 3.97. The highest BCUT2D eigenvalue weighted by atomic mass is 16.5. The second-order valence-electron chi connectivity index (χ2n) is 7.44. The van der Waals surface area contributed by atoms with Crippen LogP contribution in [0.25, 0.3) is 0 Å². The van der Waals surface area contributed by atoms with Crippen LogP contribution in [0.1, 0.15) is 28.4 Å². The van der Waals surface area contributed by atoms with Crippen LogP contribution in [-0.4, -0.2) is 24.5 Å². The highest BCUT2D eigenvalue weighted by molar-refractivity contribution is 6.07. The third-order valence-electron chi connectivity index (χ3n) is 5.21. The molecule has 0 unspecified atom stereocenters. The van der Waals surface area contributed by atoms with Crippen molar-refractivity contribution in [1.82, 2.24) is 5.32 Å². The van der Waals surface area contributed by atoms with Crippen LogP contribution in [0.2, 0.25) is 0 Å². The van der Waals surface area contributed by atoms with Crippen LogP contribution < -0.4 is 15.0 Å². The molecule has 4 rings (SSSR count). The quantitative estimate of drug-likeness (QED) is 0.681. The molecule has 0 radical (unpaired) electrons. The minimum Gasteiger partial charge on any atom is -0.484 e. The van der Waals surface area contributed by atoms with E-state index in [1.54, 1.807) is 0 Å². The normalized spacial score (nSPS) is 14.8. The van der Waals surface area contributed by atoms with Gasteiger partial charge in [-0.3, -0.25) is 9.59 Å². The first-order valence-electron chi connectivity index (χ1n) is 10.1. The van der Waals surface area contributed by atoms with Crippen molar-refractivity contribution in [2.75, 3.05) is 11.5 Å². The lowest BCUT2D eigenvalue weighted by Crippen LogP contribution is -2.35. The van der Waals surface area contributed by atoms with E-state index in [4.69, 9.17) is 4.74 Å². The van der Waals surface area contributed by atoms with Crippen LogP contribution in [-0.2, 0) is 17.8 Å². The molecule has 5 nitrogen and oxygen atoms in total. The Kier molecular flexibility index (Phi) is 5.80. The summed E-state index contributed by atoms with van der Waals surface area (Å²) in [7, 11) is 0. The van der Waals surface area contributed by atoms with Crippen LogP contribution in [0.4, 0.5) is 5.69 Å². The zero-order chi connectivity index (χ0) is 20.9. The van der Waals surface area contributed by atoms with Crippen LogP contribution in [0.15, 0.2) is 78.9 Å². The number of nitrogens with zero attached hydrogens (tertiary/aromatic N) is 1. The molecule has 3 aromatic rings. The van der Waals surface area contributed by atoms with Gasteiger partial charge in [0.1, 0.15) is 5.75 Å². The maximum atomic E-state index is 13.1. The van der Waals surface area contributed by atoms with Gasteiger partial charge in [-0.15, -0.1) is 0 Å². The lowest BCUT2D eigenvalue weighted by molar-refractivity contribution is -0.123. The number of carbonyl (C=O) groups excluding carboxylic acids is 2. The van der Waals surface area contributed by atoms with Gasteiger partial charge in [-0.25, -0.2) is 0 Å². The largest absolute Gasteiger partial charge is 0.484 e. The topological polar surface area (TPSA) is 58.6 Å². The number of nitrogens with one attached hydrogen (secondary N) is 1. The molecule has 0 saturated heterocycles. The molecule has 1 atom stereocenters. The van der Waals surface area contributed by atoms with Crippen molar-refractivity contribution in [3.05, 3.63) is 95.6 Å². The van der Waals surface area contributed by atoms with E-state index in [1.807, 2.05) is 83.8 Å². The molecule has 152 valence electrons. The Morgan fingerprint density at radius 1 is 1.00 bits per heavy atom. The first kappa shape index (κ1) is 19.7. The van der Waals surface area contributed by atoms with Gasteiger partial charge in [0.2, 0.25) is 0 Å². The number of hydrogen-bond acceptors (Lipinski definition) is 3. The van der Waals surface area contributed by atoms with Crippen LogP contribution >= 0.6 is 0 Å². The van der Waals surface area contributed by atoms with E-state index in [0.29, 0.717) is 17.9 Å². The third kappa shape index (κ3) is 4.35. The number of ether oxygens (including phenoxy) is 1. The van der Waals surface area contributed by atoms with Gasteiger partial charge >= 0.3 is 0 Å². The second kappa shape index (κ2) is 8.82. The predicted molar refractivity (Wildman–Crippen MR) is 117 cm³/mol. The highest BCUT2D eigenvalue weighted by Gasteiger charge is 2.31. The number of fused-ring (bicyclic) bond motifs is 1. The Labute approximate surface area is 176 Å². The van der Waals surface area contributed by atoms with Crippen molar-refractivity contribution in [3.63, 3.8) is 0 Å². The van der Waals surface area contributed by atoms with Gasteiger partial charge in [-0.1, -0.05) is 48.5 Å². The smallest absolute Gasteiger partial charge is 0.258 e. The van der Waals surface area contributed by atoms with Crippen LogP contribution in [0, 0.1) is 0 Å². The Bertz CT molecular complexity index is 1030. The van der Waals surface area contributed by atoms with E-state index in [1.165, 1.54) is 0 Å². The van der Waals surface area contributed by atoms with Gasteiger partial charge in [-0.2, -0.15) is 0 Å². The average molecular weight is 400 g/mol. The monoisotopic (exact) mass is 400 g/mol. The summed E-state index contributed by atoms with van der Waals surface area (Å²) in [6.45, 7) is 2.40. The molecule has 0 aromatic heterocycles. The molecule has 0 fully saturated rings. The maximum Gasteiger partial charge on any atom is 0.258 e. The third-order valence-corrected chi connectivity index (χ3v) is 5.21. The lowest BCUT2D eigenvalue weighted by atomic mass is 10.1. The van der Waals surface area contributed by atoms with Crippen molar-refractivity contribution in [1.29, 1.82) is 0 Å². The Morgan fingerprint density at radius 3 is 2.43 bits per heavy atom. The first-order valence-corrected chi connectivity index (χ1v) is 10.1. The van der Waals surface area contributed by atoms with Gasteiger partial charge in [0.05, 0.1) is 0 Å². The van der Waals surface area contributed by atoms with Gasteiger partial charge < -0.3 is 15.0 Å². The van der Waals surface area contributed by atoms with Crippen molar-refractivity contribution in [2.45, 2.75) is 25.9 Å². The Balaban J connectivity index is 1.41. The summed E-state index contributed by atoms with van der Waals surface area (Å²) < 4.78 is 5.48. The summed E-state index contributed by atoms with van der Waals surface area (Å²) in [4.78, 5) is 27.0. The van der Waals surface area contributed by atoms with E-state index < -0.39 is 0 Å². The molecule has 0 aliphatic carbocycles. The van der Waals surface area contributed by atoms with E-state index in [-0.39, 0.29) is 24.5 Å². The Hall–Kier alpha value is -3.60. The molecule has 30 heavy (non-hydrogen) atoms. The molecule has 0 saturated carbocycles. The minimum absolute atomic E-state index is 0.000651. The molecular formula is C25H24N2O3. The van der Waals surface area contributed by atoms with Gasteiger partial charge in [-0.05, 0) is 54.8 Å². The molecule has 1 heterocycles. The number of carbonyl (C=O) groups is 2. The molecular weight excluding hydrogens is 376 g/mol. The first-order chi connectivity index (χ1) is 14.6. The van der Waals surface area contributed by atoms with Crippen molar-refractivity contribution < 1.29 is 14.3 Å². The summed E-state index contributed by atoms with van der Waals surface area (Å²) >= 11 is 0. The fourth-order valence-corrected chi connectivity index (χ4v) is 3.71. The average Bonchev–Trinajstić information content (AvgIpc) is 3.12. The number of anilines is 1. The van der Waals surface area contributed by atoms with Gasteiger partial charge in [0, 0.05) is 23.8 Å². The standard InChI is InChI=1S/C25H24N2O3/c1-18-14-21-13-12-19(16-26-24(28)17-30-22-10-6-3-7-11-22)15-23(21)27(18)25(29)20-8-4-2-5-9-20/h2-13,15,18H,14,16-17H2,1H3,(H,26,28)/t18-/m0/s1. The van der Waals surface area contributed by atoms with Crippen molar-refractivity contribution in [3.8, 4) is 5.75 Å². The van der Waals surface area contributed by atoms with E-state index in [9.17, 15) is 9.59 Å².